The molecule has 0 aliphatic carbocycles. The molecule has 4 aromatic rings. The Morgan fingerprint density at radius 1 is 0.960 bits per heavy atom. The number of carbonyl (C=O) groups is 1. The van der Waals surface area contributed by atoms with E-state index in [9.17, 15) is 9.90 Å². The fraction of sp³-hybridized carbons (Fsp3) is 0. The lowest BCUT2D eigenvalue weighted by Gasteiger charge is -2.07. The summed E-state index contributed by atoms with van der Waals surface area (Å²) in [6.07, 6.45) is 0. The van der Waals surface area contributed by atoms with Gasteiger partial charge in [0.1, 0.15) is 11.3 Å². The molecule has 0 atom stereocenters. The number of aromatic nitrogens is 1. The molecule has 1 aromatic heterocycles. The minimum Gasteiger partial charge on any atom is -0.506 e. The number of phenols is 1. The third kappa shape index (κ3) is 2.83. The molecular weight excluding hydrogens is 316 g/mol. The van der Waals surface area contributed by atoms with E-state index in [4.69, 9.17) is 4.52 Å². The van der Waals surface area contributed by atoms with Crippen LogP contribution in [-0.2, 0) is 0 Å². The molecule has 0 unspecified atom stereocenters. The van der Waals surface area contributed by atoms with E-state index >= 15 is 0 Å². The van der Waals surface area contributed by atoms with Crippen molar-refractivity contribution in [3.05, 3.63) is 78.4 Å². The first-order valence-electron chi connectivity index (χ1n) is 7.76. The SMILES string of the molecule is O=C(Nc1ccccc1O)c1ccc2noc(-c3ccccc3)c2c1. The van der Waals surface area contributed by atoms with Crippen LogP contribution in [0.1, 0.15) is 10.4 Å². The highest BCUT2D eigenvalue weighted by molar-refractivity contribution is 6.07. The minimum atomic E-state index is -0.316. The van der Waals surface area contributed by atoms with Crippen LogP contribution in [0.4, 0.5) is 5.69 Å². The van der Waals surface area contributed by atoms with E-state index in [1.807, 2.05) is 30.3 Å². The summed E-state index contributed by atoms with van der Waals surface area (Å²) in [5, 5.41) is 17.3. The van der Waals surface area contributed by atoms with Crippen LogP contribution in [-0.4, -0.2) is 16.2 Å². The number of benzene rings is 3. The van der Waals surface area contributed by atoms with Crippen molar-refractivity contribution in [2.45, 2.75) is 0 Å². The fourth-order valence-corrected chi connectivity index (χ4v) is 2.65. The van der Waals surface area contributed by atoms with Crippen molar-refractivity contribution < 1.29 is 14.4 Å². The van der Waals surface area contributed by atoms with Crippen molar-refractivity contribution in [1.29, 1.82) is 0 Å². The van der Waals surface area contributed by atoms with Gasteiger partial charge in [-0.2, -0.15) is 0 Å². The van der Waals surface area contributed by atoms with Gasteiger partial charge in [-0.15, -0.1) is 0 Å². The van der Waals surface area contributed by atoms with Crippen molar-refractivity contribution in [2.24, 2.45) is 0 Å². The number of nitrogens with one attached hydrogen (secondary N) is 1. The number of nitrogens with zero attached hydrogens (tertiary/aromatic N) is 1. The third-order valence-corrected chi connectivity index (χ3v) is 3.93. The summed E-state index contributed by atoms with van der Waals surface area (Å²) in [7, 11) is 0. The summed E-state index contributed by atoms with van der Waals surface area (Å²) >= 11 is 0. The van der Waals surface area contributed by atoms with Crippen LogP contribution in [0.25, 0.3) is 22.2 Å². The highest BCUT2D eigenvalue weighted by Gasteiger charge is 2.14. The van der Waals surface area contributed by atoms with Gasteiger partial charge in [-0.1, -0.05) is 47.6 Å². The van der Waals surface area contributed by atoms with E-state index in [-0.39, 0.29) is 11.7 Å². The van der Waals surface area contributed by atoms with Crippen LogP contribution in [0.15, 0.2) is 77.3 Å². The molecule has 1 heterocycles. The predicted molar refractivity (Wildman–Crippen MR) is 95.5 cm³/mol. The van der Waals surface area contributed by atoms with Crippen LogP contribution in [0, 0.1) is 0 Å². The summed E-state index contributed by atoms with van der Waals surface area (Å²) in [5.74, 6) is 0.323. The van der Waals surface area contributed by atoms with Crippen molar-refractivity contribution in [1.82, 2.24) is 5.16 Å². The largest absolute Gasteiger partial charge is 0.506 e. The number of rotatable bonds is 3. The van der Waals surface area contributed by atoms with Gasteiger partial charge < -0.3 is 14.9 Å². The van der Waals surface area contributed by atoms with Crippen LogP contribution < -0.4 is 5.32 Å². The second-order valence-electron chi connectivity index (χ2n) is 5.58. The normalized spacial score (nSPS) is 10.7. The van der Waals surface area contributed by atoms with E-state index in [0.717, 1.165) is 10.9 Å². The predicted octanol–water partition coefficient (Wildman–Crippen LogP) is 4.45. The van der Waals surface area contributed by atoms with Crippen molar-refractivity contribution in [2.75, 3.05) is 5.32 Å². The smallest absolute Gasteiger partial charge is 0.255 e. The minimum absolute atomic E-state index is 0.0203. The van der Waals surface area contributed by atoms with Crippen molar-refractivity contribution in [3.63, 3.8) is 0 Å². The summed E-state index contributed by atoms with van der Waals surface area (Å²) < 4.78 is 5.45. The molecule has 3 aromatic carbocycles. The molecule has 0 fully saturated rings. The second kappa shape index (κ2) is 6.13. The molecule has 0 saturated heterocycles. The first-order valence-corrected chi connectivity index (χ1v) is 7.76. The van der Waals surface area contributed by atoms with Crippen molar-refractivity contribution in [3.8, 4) is 17.1 Å². The molecule has 0 saturated carbocycles. The maximum Gasteiger partial charge on any atom is 0.255 e. The summed E-state index contributed by atoms with van der Waals surface area (Å²) in [5.41, 5.74) is 2.39. The summed E-state index contributed by atoms with van der Waals surface area (Å²) in [4.78, 5) is 12.5. The number of anilines is 1. The fourth-order valence-electron chi connectivity index (χ4n) is 2.65. The van der Waals surface area contributed by atoms with Gasteiger partial charge in [-0.25, -0.2) is 0 Å². The average molecular weight is 330 g/mol. The van der Waals surface area contributed by atoms with Gasteiger partial charge >= 0.3 is 0 Å². The van der Waals surface area contributed by atoms with E-state index in [1.165, 1.54) is 6.07 Å². The Labute approximate surface area is 143 Å². The molecule has 0 spiro atoms. The number of phenolic OH excluding ortho intramolecular Hbond substituents is 1. The molecule has 0 bridgehead atoms. The molecule has 1 amide bonds. The molecule has 2 N–H and O–H groups in total. The third-order valence-electron chi connectivity index (χ3n) is 3.93. The maximum absolute atomic E-state index is 12.5. The monoisotopic (exact) mass is 330 g/mol. The van der Waals surface area contributed by atoms with Crippen LogP contribution in [0.2, 0.25) is 0 Å². The number of carbonyl (C=O) groups excluding carboxylic acids is 1. The Bertz CT molecular complexity index is 1050. The molecule has 0 aliphatic heterocycles. The molecule has 5 nitrogen and oxygen atoms in total. The Hall–Kier alpha value is -3.60. The lowest BCUT2D eigenvalue weighted by atomic mass is 10.1. The van der Waals surface area contributed by atoms with E-state index in [2.05, 4.69) is 10.5 Å². The van der Waals surface area contributed by atoms with Crippen LogP contribution in [0.3, 0.4) is 0 Å². The van der Waals surface area contributed by atoms with Gasteiger partial charge in [0.05, 0.1) is 11.1 Å². The number of para-hydroxylation sites is 2. The molecule has 25 heavy (non-hydrogen) atoms. The zero-order valence-corrected chi connectivity index (χ0v) is 13.1. The number of fused-ring (bicyclic) bond motifs is 1. The molecular formula is C20H14N2O3. The van der Waals surface area contributed by atoms with E-state index in [1.54, 1.807) is 36.4 Å². The topological polar surface area (TPSA) is 75.4 Å². The Morgan fingerprint density at radius 2 is 1.72 bits per heavy atom. The highest BCUT2D eigenvalue weighted by atomic mass is 16.5. The maximum atomic E-state index is 12.5. The second-order valence-corrected chi connectivity index (χ2v) is 5.58. The zero-order chi connectivity index (χ0) is 17.2. The molecule has 0 radical (unpaired) electrons. The first-order chi connectivity index (χ1) is 12.2. The van der Waals surface area contributed by atoms with Gasteiger partial charge in [-0.05, 0) is 30.3 Å². The Morgan fingerprint density at radius 3 is 2.52 bits per heavy atom. The molecule has 5 heteroatoms. The van der Waals surface area contributed by atoms with Crippen molar-refractivity contribution >= 4 is 22.5 Å². The molecule has 0 aliphatic rings. The lowest BCUT2D eigenvalue weighted by molar-refractivity contribution is 0.102. The summed E-state index contributed by atoms with van der Waals surface area (Å²) in [6, 6.07) is 21.4. The van der Waals surface area contributed by atoms with Gasteiger partial charge in [0.25, 0.3) is 5.91 Å². The zero-order valence-electron chi connectivity index (χ0n) is 13.1. The van der Waals surface area contributed by atoms with Crippen LogP contribution >= 0.6 is 0 Å². The standard InChI is InChI=1S/C20H14N2O3/c23-18-9-5-4-8-17(18)21-20(24)14-10-11-16-15(12-14)19(25-22-16)13-6-2-1-3-7-13/h1-12,23H,(H,21,24). The molecule has 122 valence electrons. The average Bonchev–Trinajstić information content (AvgIpc) is 3.07. The number of hydrogen-bond donors (Lipinski definition) is 2. The first kappa shape index (κ1) is 15.0. The van der Waals surface area contributed by atoms with Gasteiger partial charge in [-0.3, -0.25) is 4.79 Å². The van der Waals surface area contributed by atoms with Gasteiger partial charge in [0, 0.05) is 11.1 Å². The van der Waals surface area contributed by atoms with E-state index in [0.29, 0.717) is 22.5 Å². The number of aromatic hydroxyl groups is 1. The number of amides is 1. The number of hydrogen-bond acceptors (Lipinski definition) is 4. The van der Waals surface area contributed by atoms with Gasteiger partial charge in [0.15, 0.2) is 5.76 Å². The Balaban J connectivity index is 1.71. The quantitative estimate of drug-likeness (QED) is 0.544. The van der Waals surface area contributed by atoms with Crippen LogP contribution in [0.5, 0.6) is 5.75 Å². The summed E-state index contributed by atoms with van der Waals surface area (Å²) in [6.45, 7) is 0. The Kier molecular flexibility index (Phi) is 3.67. The molecule has 4 rings (SSSR count). The van der Waals surface area contributed by atoms with E-state index < -0.39 is 0 Å². The highest BCUT2D eigenvalue weighted by Crippen LogP contribution is 2.29. The lowest BCUT2D eigenvalue weighted by Crippen LogP contribution is -2.11. The van der Waals surface area contributed by atoms with Gasteiger partial charge in [0.2, 0.25) is 0 Å².